The first kappa shape index (κ1) is 13.1. The number of aryl methyl sites for hydroxylation is 1. The number of ether oxygens (including phenoxy) is 1. The van der Waals surface area contributed by atoms with E-state index < -0.39 is 0 Å². The molecule has 0 aromatic heterocycles. The summed E-state index contributed by atoms with van der Waals surface area (Å²) in [5.41, 5.74) is 1.58. The maximum absolute atomic E-state index is 13.3. The van der Waals surface area contributed by atoms with Gasteiger partial charge in [-0.1, -0.05) is 12.1 Å². The van der Waals surface area contributed by atoms with Crippen LogP contribution < -0.4 is 10.1 Å². The van der Waals surface area contributed by atoms with Gasteiger partial charge >= 0.3 is 0 Å². The van der Waals surface area contributed by atoms with Gasteiger partial charge in [0.15, 0.2) is 0 Å². The van der Waals surface area contributed by atoms with Crippen molar-refractivity contribution in [3.8, 4) is 5.75 Å². The number of carbonyl (C=O) groups is 1. The molecule has 3 nitrogen and oxygen atoms in total. The summed E-state index contributed by atoms with van der Waals surface area (Å²) < 4.78 is 18.4. The van der Waals surface area contributed by atoms with Crippen molar-refractivity contribution in [1.29, 1.82) is 0 Å². The van der Waals surface area contributed by atoms with Crippen LogP contribution in [0.1, 0.15) is 15.9 Å². The smallest absolute Gasteiger partial charge is 0.259 e. The van der Waals surface area contributed by atoms with E-state index in [0.29, 0.717) is 17.0 Å². The van der Waals surface area contributed by atoms with Crippen LogP contribution in [-0.4, -0.2) is 13.0 Å². The first-order valence-electron chi connectivity index (χ1n) is 5.81. The van der Waals surface area contributed by atoms with E-state index in [9.17, 15) is 9.18 Å². The predicted molar refractivity (Wildman–Crippen MR) is 72.1 cm³/mol. The molecule has 4 heteroatoms. The van der Waals surface area contributed by atoms with Crippen LogP contribution in [0.3, 0.4) is 0 Å². The van der Waals surface area contributed by atoms with E-state index in [1.54, 1.807) is 37.3 Å². The highest BCUT2D eigenvalue weighted by molar-refractivity contribution is 6.06. The largest absolute Gasteiger partial charge is 0.496 e. The molecule has 0 atom stereocenters. The number of para-hydroxylation sites is 1. The topological polar surface area (TPSA) is 38.3 Å². The average molecular weight is 259 g/mol. The van der Waals surface area contributed by atoms with Crippen molar-refractivity contribution in [2.45, 2.75) is 6.92 Å². The normalized spacial score (nSPS) is 10.1. The number of halogens is 1. The maximum atomic E-state index is 13.3. The molecule has 98 valence electrons. The molecule has 0 aliphatic carbocycles. The Morgan fingerprint density at radius 1 is 1.21 bits per heavy atom. The van der Waals surface area contributed by atoms with Crippen molar-refractivity contribution >= 4 is 11.6 Å². The minimum absolute atomic E-state index is 0.331. The van der Waals surface area contributed by atoms with Crippen LogP contribution in [-0.2, 0) is 0 Å². The molecule has 0 unspecified atom stereocenters. The van der Waals surface area contributed by atoms with E-state index in [4.69, 9.17) is 4.74 Å². The van der Waals surface area contributed by atoms with Gasteiger partial charge in [-0.05, 0) is 42.8 Å². The molecule has 0 heterocycles. The lowest BCUT2D eigenvalue weighted by Gasteiger charge is -2.09. The molecule has 1 N–H and O–H groups in total. The molecule has 2 rings (SSSR count). The van der Waals surface area contributed by atoms with Crippen LogP contribution >= 0.6 is 0 Å². The number of anilines is 1. The second-order valence-corrected chi connectivity index (χ2v) is 4.17. The zero-order valence-electron chi connectivity index (χ0n) is 10.7. The Balaban J connectivity index is 2.25. The van der Waals surface area contributed by atoms with Crippen LogP contribution in [0.25, 0.3) is 0 Å². The summed E-state index contributed by atoms with van der Waals surface area (Å²) in [6.07, 6.45) is 0. The highest BCUT2D eigenvalue weighted by atomic mass is 19.1. The van der Waals surface area contributed by atoms with Gasteiger partial charge in [-0.2, -0.15) is 0 Å². The fraction of sp³-hybridized carbons (Fsp3) is 0.133. The van der Waals surface area contributed by atoms with Crippen molar-refractivity contribution in [1.82, 2.24) is 0 Å². The minimum Gasteiger partial charge on any atom is -0.496 e. The van der Waals surface area contributed by atoms with Crippen molar-refractivity contribution in [3.63, 3.8) is 0 Å². The summed E-state index contributed by atoms with van der Waals surface area (Å²) >= 11 is 0. The lowest BCUT2D eigenvalue weighted by Crippen LogP contribution is -2.13. The predicted octanol–water partition coefficient (Wildman–Crippen LogP) is 3.40. The second kappa shape index (κ2) is 5.52. The van der Waals surface area contributed by atoms with Crippen molar-refractivity contribution < 1.29 is 13.9 Å². The molecule has 0 aliphatic heterocycles. The Labute approximate surface area is 111 Å². The molecule has 19 heavy (non-hydrogen) atoms. The summed E-state index contributed by atoms with van der Waals surface area (Å²) in [6.45, 7) is 1.77. The third-order valence-corrected chi connectivity index (χ3v) is 2.65. The van der Waals surface area contributed by atoms with Crippen molar-refractivity contribution in [2.24, 2.45) is 0 Å². The first-order valence-corrected chi connectivity index (χ1v) is 5.81. The number of benzene rings is 2. The van der Waals surface area contributed by atoms with E-state index in [-0.39, 0.29) is 11.7 Å². The highest BCUT2D eigenvalue weighted by Gasteiger charge is 2.12. The van der Waals surface area contributed by atoms with Crippen LogP contribution in [0.5, 0.6) is 5.75 Å². The van der Waals surface area contributed by atoms with Gasteiger partial charge in [-0.3, -0.25) is 4.79 Å². The number of hydrogen-bond acceptors (Lipinski definition) is 2. The van der Waals surface area contributed by atoms with Gasteiger partial charge in [0.25, 0.3) is 5.91 Å². The first-order chi connectivity index (χ1) is 9.10. The van der Waals surface area contributed by atoms with Gasteiger partial charge < -0.3 is 10.1 Å². The molecule has 2 aromatic carbocycles. The Bertz CT molecular complexity index is 591. The van der Waals surface area contributed by atoms with Crippen LogP contribution in [0.4, 0.5) is 10.1 Å². The summed E-state index contributed by atoms with van der Waals surface area (Å²) in [6, 6.07) is 11.3. The molecule has 0 spiro atoms. The Morgan fingerprint density at radius 3 is 2.63 bits per heavy atom. The van der Waals surface area contributed by atoms with Gasteiger partial charge in [0.05, 0.1) is 12.7 Å². The SMILES string of the molecule is COc1ccccc1C(=O)Nc1cc(C)cc(F)c1. The zero-order valence-corrected chi connectivity index (χ0v) is 10.7. The molecule has 0 saturated heterocycles. The van der Waals surface area contributed by atoms with E-state index in [2.05, 4.69) is 5.32 Å². The molecule has 0 bridgehead atoms. The number of methoxy groups -OCH3 is 1. The van der Waals surface area contributed by atoms with Gasteiger partial charge in [0.1, 0.15) is 11.6 Å². The Hall–Kier alpha value is -2.36. The minimum atomic E-state index is -0.379. The fourth-order valence-corrected chi connectivity index (χ4v) is 1.84. The second-order valence-electron chi connectivity index (χ2n) is 4.17. The van der Waals surface area contributed by atoms with Crippen LogP contribution in [0, 0.1) is 12.7 Å². The highest BCUT2D eigenvalue weighted by Crippen LogP contribution is 2.20. The van der Waals surface area contributed by atoms with Crippen molar-refractivity contribution in [2.75, 3.05) is 12.4 Å². The maximum Gasteiger partial charge on any atom is 0.259 e. The van der Waals surface area contributed by atoms with Gasteiger partial charge in [0.2, 0.25) is 0 Å². The van der Waals surface area contributed by atoms with Gasteiger partial charge in [-0.15, -0.1) is 0 Å². The molecule has 0 fully saturated rings. The van der Waals surface area contributed by atoms with Crippen molar-refractivity contribution in [3.05, 3.63) is 59.4 Å². The molecular formula is C15H14FNO2. The zero-order chi connectivity index (χ0) is 13.8. The summed E-state index contributed by atoms with van der Waals surface area (Å²) in [4.78, 5) is 12.1. The quantitative estimate of drug-likeness (QED) is 0.917. The Kier molecular flexibility index (Phi) is 3.80. The Morgan fingerprint density at radius 2 is 1.95 bits per heavy atom. The van der Waals surface area contributed by atoms with Gasteiger partial charge in [-0.25, -0.2) is 4.39 Å². The van der Waals surface area contributed by atoms with E-state index in [1.165, 1.54) is 19.2 Å². The molecule has 1 amide bonds. The summed E-state index contributed by atoms with van der Waals surface area (Å²) in [7, 11) is 1.50. The molecule has 0 radical (unpaired) electrons. The standard InChI is InChI=1S/C15H14FNO2/c1-10-7-11(16)9-12(8-10)17-15(18)13-5-3-4-6-14(13)19-2/h3-9H,1-2H3,(H,17,18). The molecule has 2 aromatic rings. The van der Waals surface area contributed by atoms with Crippen LogP contribution in [0.2, 0.25) is 0 Å². The number of hydrogen-bond donors (Lipinski definition) is 1. The fourth-order valence-electron chi connectivity index (χ4n) is 1.84. The third kappa shape index (κ3) is 3.10. The molecule has 0 aliphatic rings. The molecular weight excluding hydrogens is 245 g/mol. The van der Waals surface area contributed by atoms with Crippen LogP contribution in [0.15, 0.2) is 42.5 Å². The lowest BCUT2D eigenvalue weighted by atomic mass is 10.1. The van der Waals surface area contributed by atoms with E-state index in [1.807, 2.05) is 0 Å². The summed E-state index contributed by atoms with van der Waals surface area (Å²) in [5.74, 6) is -0.231. The lowest BCUT2D eigenvalue weighted by molar-refractivity contribution is 0.102. The third-order valence-electron chi connectivity index (χ3n) is 2.65. The van der Waals surface area contributed by atoms with E-state index in [0.717, 1.165) is 5.56 Å². The molecule has 0 saturated carbocycles. The van der Waals surface area contributed by atoms with Gasteiger partial charge in [0, 0.05) is 5.69 Å². The summed E-state index contributed by atoms with van der Waals surface area (Å²) in [5, 5.41) is 2.66. The monoisotopic (exact) mass is 259 g/mol. The van der Waals surface area contributed by atoms with E-state index >= 15 is 0 Å². The number of nitrogens with one attached hydrogen (secondary N) is 1. The number of rotatable bonds is 3. The number of amides is 1. The number of carbonyl (C=O) groups excluding carboxylic acids is 1. The average Bonchev–Trinajstić information content (AvgIpc) is 2.37.